The molecule has 128 valence electrons. The SMILES string of the molecule is CCCCC[B-](CCCCC)(CCCCC)CCCCC.[Na+]. The Labute approximate surface area is 165 Å². The number of rotatable bonds is 16. The molecule has 0 aromatic heterocycles. The molecule has 0 spiro atoms. The number of hydrogen-bond donors (Lipinski definition) is 0. The number of hydrogen-bond acceptors (Lipinski definition) is 0. The molecule has 0 fully saturated rings. The van der Waals surface area contributed by atoms with Crippen LogP contribution in [0.15, 0.2) is 0 Å². The first-order valence-electron chi connectivity index (χ1n) is 10.5. The summed E-state index contributed by atoms with van der Waals surface area (Å²) >= 11 is 0. The van der Waals surface area contributed by atoms with Gasteiger partial charge in [-0.25, -0.2) is 0 Å². The maximum absolute atomic E-state index is 2.35. The summed E-state index contributed by atoms with van der Waals surface area (Å²) < 4.78 is 0. The molecule has 0 amide bonds. The Bertz CT molecular complexity index is 160. The second-order valence-corrected chi connectivity index (χ2v) is 7.72. The zero-order valence-corrected chi connectivity index (χ0v) is 18.9. The van der Waals surface area contributed by atoms with Crippen LogP contribution in [0.4, 0.5) is 0 Å². The molecule has 0 aromatic rings. The molecule has 0 unspecified atom stereocenters. The maximum Gasteiger partial charge on any atom is 1.00 e. The molecule has 0 aliphatic carbocycles. The van der Waals surface area contributed by atoms with Gasteiger partial charge in [-0.3, -0.25) is 0 Å². The van der Waals surface area contributed by atoms with Crippen molar-refractivity contribution >= 4 is 6.15 Å². The molecule has 0 rings (SSSR count). The van der Waals surface area contributed by atoms with E-state index in [-0.39, 0.29) is 35.7 Å². The van der Waals surface area contributed by atoms with Gasteiger partial charge in [0.25, 0.3) is 0 Å². The molecule has 0 nitrogen and oxygen atoms in total. The van der Waals surface area contributed by atoms with Crippen LogP contribution in [0.3, 0.4) is 0 Å². The van der Waals surface area contributed by atoms with E-state index in [1.165, 1.54) is 77.0 Å². The van der Waals surface area contributed by atoms with Crippen LogP contribution < -0.4 is 29.6 Å². The van der Waals surface area contributed by atoms with Crippen LogP contribution in [0.25, 0.3) is 0 Å². The number of unbranched alkanes of at least 4 members (excludes halogenated alkanes) is 8. The molecule has 0 bridgehead atoms. The fraction of sp³-hybridized carbons (Fsp3) is 1.00. The molecule has 0 aromatic carbocycles. The Balaban J connectivity index is 0. The van der Waals surface area contributed by atoms with E-state index in [2.05, 4.69) is 27.7 Å². The third kappa shape index (κ3) is 13.5. The first kappa shape index (κ1) is 25.3. The smallest absolute Gasteiger partial charge is 0.178 e. The molecule has 0 saturated heterocycles. The summed E-state index contributed by atoms with van der Waals surface area (Å²) in [6.07, 6.45) is 23.6. The van der Waals surface area contributed by atoms with E-state index in [4.69, 9.17) is 0 Å². The topological polar surface area (TPSA) is 0 Å². The van der Waals surface area contributed by atoms with Crippen molar-refractivity contribution in [1.29, 1.82) is 0 Å². The van der Waals surface area contributed by atoms with Gasteiger partial charge in [0.15, 0.2) is 0 Å². The third-order valence-corrected chi connectivity index (χ3v) is 5.68. The molecular weight excluding hydrogens is 274 g/mol. The summed E-state index contributed by atoms with van der Waals surface area (Å²) in [6.45, 7) is 9.39. The fourth-order valence-corrected chi connectivity index (χ4v) is 4.18. The van der Waals surface area contributed by atoms with E-state index in [1.807, 2.05) is 0 Å². The predicted molar refractivity (Wildman–Crippen MR) is 103 cm³/mol. The van der Waals surface area contributed by atoms with Crippen molar-refractivity contribution in [2.24, 2.45) is 0 Å². The molecule has 0 saturated carbocycles. The van der Waals surface area contributed by atoms with Gasteiger partial charge in [-0.1, -0.05) is 105 Å². The van der Waals surface area contributed by atoms with Gasteiger partial charge in [0.2, 0.25) is 0 Å². The summed E-state index contributed by atoms with van der Waals surface area (Å²) in [5.41, 5.74) is 0. The van der Waals surface area contributed by atoms with Crippen LogP contribution in [0.1, 0.15) is 105 Å². The van der Waals surface area contributed by atoms with Crippen LogP contribution in [-0.2, 0) is 0 Å². The van der Waals surface area contributed by atoms with Gasteiger partial charge in [-0.2, -0.15) is 25.3 Å². The normalized spacial score (nSPS) is 11.5. The van der Waals surface area contributed by atoms with Crippen molar-refractivity contribution < 1.29 is 29.6 Å². The first-order chi connectivity index (χ1) is 10.2. The molecule has 0 aliphatic heterocycles. The Hall–Kier alpha value is 1.06. The van der Waals surface area contributed by atoms with Crippen molar-refractivity contribution in [1.82, 2.24) is 0 Å². The van der Waals surface area contributed by atoms with Crippen molar-refractivity contribution in [2.75, 3.05) is 0 Å². The minimum atomic E-state index is -0.0383. The third-order valence-electron chi connectivity index (χ3n) is 5.68. The molecule has 0 aliphatic rings. The second kappa shape index (κ2) is 18.4. The van der Waals surface area contributed by atoms with Crippen molar-refractivity contribution in [2.45, 2.75) is 130 Å². The average Bonchev–Trinajstić information content (AvgIpc) is 2.48. The second-order valence-electron chi connectivity index (χ2n) is 7.72. The largest absolute Gasteiger partial charge is 1.00 e. The van der Waals surface area contributed by atoms with E-state index in [9.17, 15) is 0 Å². The van der Waals surface area contributed by atoms with Crippen LogP contribution in [0, 0.1) is 0 Å². The van der Waals surface area contributed by atoms with Crippen molar-refractivity contribution in [3.8, 4) is 0 Å². The van der Waals surface area contributed by atoms with Crippen LogP contribution in [0.5, 0.6) is 0 Å². The summed E-state index contributed by atoms with van der Waals surface area (Å²) in [7, 11) is 0. The van der Waals surface area contributed by atoms with Gasteiger partial charge >= 0.3 is 29.6 Å². The van der Waals surface area contributed by atoms with Gasteiger partial charge in [0.05, 0.1) is 0 Å². The van der Waals surface area contributed by atoms with Gasteiger partial charge in [0, 0.05) is 6.15 Å². The van der Waals surface area contributed by atoms with Gasteiger partial charge in [0.1, 0.15) is 0 Å². The Morgan fingerprint density at radius 3 is 0.818 bits per heavy atom. The average molecular weight is 318 g/mol. The Kier molecular flexibility index (Phi) is 21.2. The molecule has 0 atom stereocenters. The summed E-state index contributed by atoms with van der Waals surface area (Å²) in [6, 6.07) is 0. The van der Waals surface area contributed by atoms with E-state index in [0.717, 1.165) is 0 Å². The summed E-state index contributed by atoms with van der Waals surface area (Å²) in [4.78, 5) is 0. The van der Waals surface area contributed by atoms with Crippen molar-refractivity contribution in [3.63, 3.8) is 0 Å². The van der Waals surface area contributed by atoms with E-state index in [0.29, 0.717) is 0 Å². The van der Waals surface area contributed by atoms with Crippen LogP contribution in [0.2, 0.25) is 25.3 Å². The maximum atomic E-state index is 2.35. The molecule has 0 heterocycles. The predicted octanol–water partition coefficient (Wildman–Crippen LogP) is 5.20. The molecule has 2 heteroatoms. The molecule has 0 radical (unpaired) electrons. The minimum absolute atomic E-state index is 0. The standard InChI is InChI=1S/C20H44B.Na/c1-5-9-13-17-21(18-14-10-6-2,19-15-11-7-3)20-16-12-8-4;/h5-20H2,1-4H3;/q-1;+1. The monoisotopic (exact) mass is 318 g/mol. The first-order valence-corrected chi connectivity index (χ1v) is 10.5. The molecule has 0 N–H and O–H groups in total. The zero-order valence-electron chi connectivity index (χ0n) is 16.9. The zero-order chi connectivity index (χ0) is 15.8. The van der Waals surface area contributed by atoms with Gasteiger partial charge < -0.3 is 0 Å². The van der Waals surface area contributed by atoms with E-state index < -0.39 is 0 Å². The molecular formula is C20H44BNa. The van der Waals surface area contributed by atoms with Crippen molar-refractivity contribution in [3.05, 3.63) is 0 Å². The van der Waals surface area contributed by atoms with Gasteiger partial charge in [-0.05, 0) is 0 Å². The Morgan fingerprint density at radius 2 is 0.636 bits per heavy atom. The quantitative estimate of drug-likeness (QED) is 0.271. The summed E-state index contributed by atoms with van der Waals surface area (Å²) in [5.74, 6) is 0. The van der Waals surface area contributed by atoms with E-state index in [1.54, 1.807) is 25.3 Å². The van der Waals surface area contributed by atoms with Gasteiger partial charge in [-0.15, -0.1) is 0 Å². The molecule has 22 heavy (non-hydrogen) atoms. The Morgan fingerprint density at radius 1 is 0.409 bits per heavy atom. The van der Waals surface area contributed by atoms with E-state index >= 15 is 0 Å². The van der Waals surface area contributed by atoms with Crippen LogP contribution in [-0.4, -0.2) is 6.15 Å². The minimum Gasteiger partial charge on any atom is -0.178 e. The van der Waals surface area contributed by atoms with Crippen LogP contribution >= 0.6 is 0 Å². The summed E-state index contributed by atoms with van der Waals surface area (Å²) in [5, 5.41) is 0. The fourth-order valence-electron chi connectivity index (χ4n) is 4.18.